The van der Waals surface area contributed by atoms with Crippen molar-refractivity contribution in [3.63, 3.8) is 0 Å². The molecule has 1 unspecified atom stereocenters. The second-order valence-electron chi connectivity index (χ2n) is 4.51. The van der Waals surface area contributed by atoms with Crippen molar-refractivity contribution in [2.75, 3.05) is 0 Å². The second kappa shape index (κ2) is 4.92. The molecule has 3 rings (SSSR count). The Balaban J connectivity index is 1.81. The van der Waals surface area contributed by atoms with Crippen molar-refractivity contribution >= 4 is 22.9 Å². The van der Waals surface area contributed by atoms with Crippen molar-refractivity contribution in [1.29, 1.82) is 0 Å². The molecule has 1 heterocycles. The highest BCUT2D eigenvalue weighted by Gasteiger charge is 2.23. The predicted molar refractivity (Wildman–Crippen MR) is 75.5 cm³/mol. The van der Waals surface area contributed by atoms with Gasteiger partial charge < -0.3 is 10.5 Å². The number of thiophene rings is 1. The van der Waals surface area contributed by atoms with Gasteiger partial charge in [-0.3, -0.25) is 0 Å². The van der Waals surface area contributed by atoms with Crippen LogP contribution in [-0.2, 0) is 0 Å². The molecule has 0 amide bonds. The number of ether oxygens (including phenoxy) is 1. The lowest BCUT2D eigenvalue weighted by Gasteiger charge is -2.12. The summed E-state index contributed by atoms with van der Waals surface area (Å²) in [5.41, 5.74) is 7.30. The van der Waals surface area contributed by atoms with E-state index < -0.39 is 0 Å². The normalized spacial score (nSPS) is 16.6. The van der Waals surface area contributed by atoms with Crippen LogP contribution in [0.2, 0.25) is 4.34 Å². The summed E-state index contributed by atoms with van der Waals surface area (Å²) in [4.78, 5) is 1.07. The minimum absolute atomic E-state index is 0.134. The lowest BCUT2D eigenvalue weighted by Crippen LogP contribution is -2.10. The summed E-state index contributed by atoms with van der Waals surface area (Å²) in [5.74, 6) is 0.910. The summed E-state index contributed by atoms with van der Waals surface area (Å²) >= 11 is 7.46. The molecular weight excluding hydrogens is 266 g/mol. The summed E-state index contributed by atoms with van der Waals surface area (Å²) in [5, 5.41) is 0. The summed E-state index contributed by atoms with van der Waals surface area (Å²) in [6.45, 7) is 0. The third kappa shape index (κ3) is 2.69. The highest BCUT2D eigenvalue weighted by molar-refractivity contribution is 7.16. The van der Waals surface area contributed by atoms with E-state index in [1.165, 1.54) is 11.3 Å². The van der Waals surface area contributed by atoms with Gasteiger partial charge >= 0.3 is 0 Å². The van der Waals surface area contributed by atoms with Crippen LogP contribution in [0, 0.1) is 0 Å². The van der Waals surface area contributed by atoms with Gasteiger partial charge in [0.15, 0.2) is 0 Å². The van der Waals surface area contributed by atoms with E-state index in [4.69, 9.17) is 22.1 Å². The molecule has 1 aromatic heterocycles. The quantitative estimate of drug-likeness (QED) is 0.918. The molecule has 2 N–H and O–H groups in total. The highest BCUT2D eigenvalue weighted by atomic mass is 35.5. The van der Waals surface area contributed by atoms with E-state index in [2.05, 4.69) is 0 Å². The zero-order chi connectivity index (χ0) is 12.5. The van der Waals surface area contributed by atoms with Crippen LogP contribution in [0.1, 0.15) is 29.3 Å². The zero-order valence-corrected chi connectivity index (χ0v) is 11.4. The van der Waals surface area contributed by atoms with Gasteiger partial charge in [-0.1, -0.05) is 23.7 Å². The van der Waals surface area contributed by atoms with E-state index in [9.17, 15) is 0 Å². The van der Waals surface area contributed by atoms with Gasteiger partial charge in [0.05, 0.1) is 16.5 Å². The minimum Gasteiger partial charge on any atom is -0.490 e. The first-order valence-corrected chi connectivity index (χ1v) is 7.19. The van der Waals surface area contributed by atoms with Gasteiger partial charge in [-0.05, 0) is 42.7 Å². The minimum atomic E-state index is -0.134. The molecular formula is C14H14ClNOS. The fraction of sp³-hybridized carbons (Fsp3) is 0.286. The van der Waals surface area contributed by atoms with Gasteiger partial charge in [-0.2, -0.15) is 0 Å². The fourth-order valence-corrected chi connectivity index (χ4v) is 2.91. The average molecular weight is 280 g/mol. The fourth-order valence-electron chi connectivity index (χ4n) is 1.82. The van der Waals surface area contributed by atoms with E-state index in [0.717, 1.165) is 33.4 Å². The summed E-state index contributed by atoms with van der Waals surface area (Å²) < 4.78 is 6.55. The van der Waals surface area contributed by atoms with Gasteiger partial charge in [-0.25, -0.2) is 0 Å². The number of nitrogens with two attached hydrogens (primary N) is 1. The van der Waals surface area contributed by atoms with Crippen molar-refractivity contribution in [1.82, 2.24) is 0 Å². The Labute approximate surface area is 115 Å². The van der Waals surface area contributed by atoms with Crippen LogP contribution in [0.5, 0.6) is 5.75 Å². The Morgan fingerprint density at radius 2 is 2.11 bits per heavy atom. The molecule has 1 saturated carbocycles. The van der Waals surface area contributed by atoms with E-state index in [0.29, 0.717) is 6.10 Å². The molecule has 1 atom stereocenters. The maximum atomic E-state index is 6.24. The van der Waals surface area contributed by atoms with Crippen LogP contribution in [0.3, 0.4) is 0 Å². The number of hydrogen-bond acceptors (Lipinski definition) is 3. The van der Waals surface area contributed by atoms with Crippen molar-refractivity contribution in [2.24, 2.45) is 5.73 Å². The molecule has 1 aliphatic carbocycles. The Morgan fingerprint density at radius 3 is 2.78 bits per heavy atom. The molecule has 0 bridgehead atoms. The Bertz CT molecular complexity index is 550. The van der Waals surface area contributed by atoms with Gasteiger partial charge in [-0.15, -0.1) is 11.3 Å². The van der Waals surface area contributed by atoms with E-state index in [1.54, 1.807) is 0 Å². The van der Waals surface area contributed by atoms with Gasteiger partial charge in [0.2, 0.25) is 0 Å². The Hall–Kier alpha value is -1.03. The number of rotatable bonds is 4. The zero-order valence-electron chi connectivity index (χ0n) is 9.80. The molecule has 2 aromatic rings. The van der Waals surface area contributed by atoms with Crippen molar-refractivity contribution in [3.8, 4) is 5.75 Å². The van der Waals surface area contributed by atoms with E-state index in [1.807, 2.05) is 36.4 Å². The van der Waals surface area contributed by atoms with Crippen molar-refractivity contribution in [2.45, 2.75) is 25.0 Å². The number of benzene rings is 1. The summed E-state index contributed by atoms with van der Waals surface area (Å²) in [6.07, 6.45) is 2.74. The van der Waals surface area contributed by atoms with Gasteiger partial charge in [0.1, 0.15) is 5.75 Å². The molecule has 94 valence electrons. The molecule has 2 nitrogen and oxygen atoms in total. The summed E-state index contributed by atoms with van der Waals surface area (Å²) in [7, 11) is 0. The van der Waals surface area contributed by atoms with Crippen LogP contribution < -0.4 is 10.5 Å². The van der Waals surface area contributed by atoms with Crippen LogP contribution in [0.15, 0.2) is 36.4 Å². The molecule has 0 spiro atoms. The monoisotopic (exact) mass is 279 g/mol. The Morgan fingerprint density at radius 1 is 1.28 bits per heavy atom. The first kappa shape index (κ1) is 12.0. The summed E-state index contributed by atoms with van der Waals surface area (Å²) in [6, 6.07) is 11.7. The van der Waals surface area contributed by atoms with Crippen LogP contribution in [0.4, 0.5) is 0 Å². The molecule has 1 fully saturated rings. The molecule has 1 aromatic carbocycles. The van der Waals surface area contributed by atoms with Crippen molar-refractivity contribution < 1.29 is 4.74 Å². The van der Waals surface area contributed by atoms with E-state index >= 15 is 0 Å². The molecule has 0 saturated heterocycles. The predicted octanol–water partition coefficient (Wildman–Crippen LogP) is 3.99. The molecule has 4 heteroatoms. The smallest absolute Gasteiger partial charge is 0.120 e. The van der Waals surface area contributed by atoms with E-state index in [-0.39, 0.29) is 6.04 Å². The highest BCUT2D eigenvalue weighted by Crippen LogP contribution is 2.32. The molecule has 0 radical (unpaired) electrons. The molecule has 1 aliphatic rings. The Kier molecular flexibility index (Phi) is 3.29. The number of hydrogen-bond donors (Lipinski definition) is 1. The largest absolute Gasteiger partial charge is 0.490 e. The SMILES string of the molecule is NC(c1cccc(OC2CC2)c1)c1ccc(Cl)s1. The first-order chi connectivity index (χ1) is 8.72. The average Bonchev–Trinajstić information content (AvgIpc) is 3.08. The van der Waals surface area contributed by atoms with Gasteiger partial charge in [0.25, 0.3) is 0 Å². The van der Waals surface area contributed by atoms with Crippen LogP contribution in [-0.4, -0.2) is 6.10 Å². The van der Waals surface area contributed by atoms with Gasteiger partial charge in [0, 0.05) is 4.88 Å². The van der Waals surface area contributed by atoms with Crippen LogP contribution >= 0.6 is 22.9 Å². The number of halogens is 1. The van der Waals surface area contributed by atoms with Crippen LogP contribution in [0.25, 0.3) is 0 Å². The molecule has 0 aliphatic heterocycles. The maximum Gasteiger partial charge on any atom is 0.120 e. The lowest BCUT2D eigenvalue weighted by atomic mass is 10.1. The van der Waals surface area contributed by atoms with Crippen molar-refractivity contribution in [3.05, 3.63) is 51.2 Å². The first-order valence-electron chi connectivity index (χ1n) is 6.00. The second-order valence-corrected chi connectivity index (χ2v) is 6.26. The third-order valence-electron chi connectivity index (χ3n) is 2.94. The third-order valence-corrected chi connectivity index (χ3v) is 4.26. The maximum absolute atomic E-state index is 6.24. The molecule has 18 heavy (non-hydrogen) atoms. The standard InChI is InChI=1S/C14H14ClNOS/c15-13-7-6-12(18-13)14(16)9-2-1-3-11(8-9)17-10-4-5-10/h1-3,6-8,10,14H,4-5,16H2. The topological polar surface area (TPSA) is 35.2 Å². The lowest BCUT2D eigenvalue weighted by molar-refractivity contribution is 0.303.